The number of ether oxygens (including phenoxy) is 3. The van der Waals surface area contributed by atoms with Crippen LogP contribution in [0.1, 0.15) is 52.5 Å². The molecule has 2 aromatic carbocycles. The predicted octanol–water partition coefficient (Wildman–Crippen LogP) is 3.61. The van der Waals surface area contributed by atoms with E-state index in [1.165, 1.54) is 7.11 Å². The van der Waals surface area contributed by atoms with Gasteiger partial charge in [-0.1, -0.05) is 32.0 Å². The van der Waals surface area contributed by atoms with Crippen LogP contribution in [0, 0.1) is 16.7 Å². The van der Waals surface area contributed by atoms with Crippen LogP contribution in [0.5, 0.6) is 17.2 Å². The zero-order valence-corrected chi connectivity index (χ0v) is 27.1. The van der Waals surface area contributed by atoms with Crippen molar-refractivity contribution in [3.05, 3.63) is 48.0 Å². The lowest BCUT2D eigenvalue weighted by Crippen LogP contribution is -2.42. The van der Waals surface area contributed by atoms with E-state index >= 15 is 0 Å². The maximum absolute atomic E-state index is 11.9. The summed E-state index contributed by atoms with van der Waals surface area (Å²) in [7, 11) is -6.50. The molecule has 4 rings (SSSR count). The molecule has 0 aliphatic heterocycles. The summed E-state index contributed by atoms with van der Waals surface area (Å²) in [5.41, 5.74) is -0.266. The Hall–Kier alpha value is -2.71. The summed E-state index contributed by atoms with van der Waals surface area (Å²) in [6.07, 6.45) is 2.61. The minimum absolute atomic E-state index is 0.00411. The van der Waals surface area contributed by atoms with Crippen molar-refractivity contribution in [2.24, 2.45) is 21.9 Å². The van der Waals surface area contributed by atoms with Crippen LogP contribution in [0.25, 0.3) is 0 Å². The number of sulfonamides is 1. The minimum Gasteiger partial charge on any atom is -0.495 e. The molecule has 2 aliphatic rings. The van der Waals surface area contributed by atoms with Gasteiger partial charge < -0.3 is 19.5 Å². The van der Waals surface area contributed by atoms with Gasteiger partial charge in [0.1, 0.15) is 23.0 Å². The number of rotatable bonds is 13. The number of fused-ring (bicyclic) bond motifs is 2. The second-order valence-electron chi connectivity index (χ2n) is 11.7. The van der Waals surface area contributed by atoms with Gasteiger partial charge in [0.2, 0.25) is 10.0 Å². The zero-order valence-electron chi connectivity index (χ0n) is 25.5. The summed E-state index contributed by atoms with van der Waals surface area (Å²) in [4.78, 5) is 11.9. The standard InChI is InChI=1S/C20H28N2O5S.C10H16O4S/c1-4-26-17-7-5-6-8-18(17)27-12-11-22-15(2)13-16-9-10-19(25-3)20(14-16)28(21,23)24;1-9(2)7-3-4-10(9,8(11)5-7)6-15(12,13)14/h5-10,14-15,22H,4,11-13H2,1-3H3,(H2,21,23,24);7H,3-6H2,1-2H3,(H,12,13,14)/t15-;7-,10-/m10/s1. The molecular formula is C30H44N2O9S2. The van der Waals surface area contributed by atoms with Gasteiger partial charge in [0, 0.05) is 19.0 Å². The smallest absolute Gasteiger partial charge is 0.265 e. The molecule has 2 aromatic rings. The monoisotopic (exact) mass is 640 g/mol. The number of para-hydroxylation sites is 2. The van der Waals surface area contributed by atoms with Crippen molar-refractivity contribution in [3.8, 4) is 17.2 Å². The number of methoxy groups -OCH3 is 1. The van der Waals surface area contributed by atoms with Crippen molar-refractivity contribution in [2.75, 3.05) is 32.6 Å². The Labute approximate surface area is 255 Å². The summed E-state index contributed by atoms with van der Waals surface area (Å²) in [5.74, 6) is 1.59. The van der Waals surface area contributed by atoms with Crippen LogP contribution < -0.4 is 24.7 Å². The summed E-state index contributed by atoms with van der Waals surface area (Å²) in [5, 5.41) is 8.63. The summed E-state index contributed by atoms with van der Waals surface area (Å²) in [6.45, 7) is 9.55. The highest BCUT2D eigenvalue weighted by Gasteiger charge is 2.65. The van der Waals surface area contributed by atoms with Crippen molar-refractivity contribution >= 4 is 25.9 Å². The lowest BCUT2D eigenvalue weighted by Gasteiger charge is -2.35. The molecule has 0 amide bonds. The first-order valence-corrected chi connectivity index (χ1v) is 17.5. The number of nitrogens with two attached hydrogens (primary N) is 1. The Morgan fingerprint density at radius 3 is 2.23 bits per heavy atom. The van der Waals surface area contributed by atoms with Gasteiger partial charge >= 0.3 is 0 Å². The third kappa shape index (κ3) is 8.48. The number of carbonyl (C=O) groups excluding carboxylic acids is 1. The van der Waals surface area contributed by atoms with Crippen LogP contribution in [0.15, 0.2) is 47.4 Å². The number of carbonyl (C=O) groups is 1. The third-order valence-electron chi connectivity index (χ3n) is 8.65. The van der Waals surface area contributed by atoms with Gasteiger partial charge in [-0.05, 0) is 74.3 Å². The van der Waals surface area contributed by atoms with E-state index in [1.807, 2.05) is 58.0 Å². The molecule has 13 heteroatoms. The van der Waals surface area contributed by atoms with Crippen molar-refractivity contribution < 1.29 is 40.4 Å². The molecule has 240 valence electrons. The van der Waals surface area contributed by atoms with Gasteiger partial charge in [-0.3, -0.25) is 9.35 Å². The second-order valence-corrected chi connectivity index (χ2v) is 14.7. The van der Waals surface area contributed by atoms with Crippen molar-refractivity contribution in [2.45, 2.75) is 64.3 Å². The first-order chi connectivity index (χ1) is 20.0. The fraction of sp³-hybridized carbons (Fsp3) is 0.567. The predicted molar refractivity (Wildman–Crippen MR) is 164 cm³/mol. The van der Waals surface area contributed by atoms with Crippen LogP contribution in [-0.4, -0.2) is 65.8 Å². The second kappa shape index (κ2) is 13.9. The molecule has 2 fully saturated rings. The maximum atomic E-state index is 11.9. The van der Waals surface area contributed by atoms with E-state index in [9.17, 15) is 21.6 Å². The van der Waals surface area contributed by atoms with Crippen LogP contribution in [-0.2, 0) is 31.4 Å². The Balaban J connectivity index is 0.000000282. The van der Waals surface area contributed by atoms with E-state index in [-0.39, 0.29) is 33.8 Å². The van der Waals surface area contributed by atoms with Crippen LogP contribution in [0.2, 0.25) is 0 Å². The summed E-state index contributed by atoms with van der Waals surface area (Å²) in [6, 6.07) is 12.7. The number of hydrogen-bond acceptors (Lipinski definition) is 9. The molecule has 4 N–H and O–H groups in total. The normalized spacial score (nSPS) is 21.6. The Morgan fingerprint density at radius 1 is 1.07 bits per heavy atom. The third-order valence-corrected chi connectivity index (χ3v) is 10.4. The van der Waals surface area contributed by atoms with Gasteiger partial charge in [0.05, 0.1) is 24.9 Å². The van der Waals surface area contributed by atoms with Crippen molar-refractivity contribution in [3.63, 3.8) is 0 Å². The van der Waals surface area contributed by atoms with Gasteiger partial charge in [-0.2, -0.15) is 8.42 Å². The first kappa shape index (κ1) is 34.8. The van der Waals surface area contributed by atoms with Gasteiger partial charge in [0.25, 0.3) is 10.1 Å². The molecule has 2 aliphatic carbocycles. The molecular weight excluding hydrogens is 596 g/mol. The van der Waals surface area contributed by atoms with Gasteiger partial charge in [-0.25, -0.2) is 13.6 Å². The summed E-state index contributed by atoms with van der Waals surface area (Å²) >= 11 is 0. The number of nitrogens with one attached hydrogen (secondary N) is 1. The molecule has 2 bridgehead atoms. The quantitative estimate of drug-likeness (QED) is 0.217. The van der Waals surface area contributed by atoms with E-state index in [4.69, 9.17) is 23.9 Å². The molecule has 0 unspecified atom stereocenters. The molecule has 0 spiro atoms. The Kier molecular flexibility index (Phi) is 11.3. The Bertz CT molecular complexity index is 1490. The lowest BCUT2D eigenvalue weighted by molar-refractivity contribution is -0.128. The molecule has 0 aromatic heterocycles. The SMILES string of the molecule is CC1(C)[C@H]2CC[C@]1(CS(=O)(=O)O)C(=O)C2.CCOc1ccccc1OCCN[C@H](C)Cc1ccc(OC)c(S(N)(=O)=O)c1. The fourth-order valence-electron chi connectivity index (χ4n) is 6.23. The lowest BCUT2D eigenvalue weighted by atomic mass is 9.70. The van der Waals surface area contributed by atoms with E-state index in [2.05, 4.69) is 5.32 Å². The highest BCUT2D eigenvalue weighted by molar-refractivity contribution is 7.89. The first-order valence-electron chi connectivity index (χ1n) is 14.3. The molecule has 0 heterocycles. The number of Topliss-reactive ketones (excluding diaryl/α,β-unsaturated/α-hetero) is 1. The maximum Gasteiger partial charge on any atom is 0.265 e. The highest BCUT2D eigenvalue weighted by Crippen LogP contribution is 2.64. The van der Waals surface area contributed by atoms with Crippen LogP contribution >= 0.6 is 0 Å². The molecule has 11 nitrogen and oxygen atoms in total. The molecule has 0 radical (unpaired) electrons. The highest BCUT2D eigenvalue weighted by atomic mass is 32.2. The van der Waals surface area contributed by atoms with Crippen molar-refractivity contribution in [1.82, 2.24) is 5.32 Å². The average Bonchev–Trinajstić information content (AvgIpc) is 3.25. The minimum atomic E-state index is -4.08. The van der Waals surface area contributed by atoms with Crippen LogP contribution in [0.4, 0.5) is 0 Å². The molecule has 2 saturated carbocycles. The molecule has 43 heavy (non-hydrogen) atoms. The van der Waals surface area contributed by atoms with Gasteiger partial charge in [-0.15, -0.1) is 0 Å². The average molecular weight is 641 g/mol. The number of hydrogen-bond donors (Lipinski definition) is 3. The number of ketones is 1. The fourth-order valence-corrected chi connectivity index (χ4v) is 8.27. The summed E-state index contributed by atoms with van der Waals surface area (Å²) < 4.78 is 70.8. The topological polar surface area (TPSA) is 171 Å². The van der Waals surface area contributed by atoms with E-state index < -0.39 is 31.3 Å². The van der Waals surface area contributed by atoms with E-state index in [1.54, 1.807) is 12.1 Å². The largest absolute Gasteiger partial charge is 0.495 e. The molecule has 3 atom stereocenters. The van der Waals surface area contributed by atoms with E-state index in [0.29, 0.717) is 44.8 Å². The molecule has 0 saturated heterocycles. The number of benzene rings is 2. The Morgan fingerprint density at radius 2 is 1.72 bits per heavy atom. The van der Waals surface area contributed by atoms with Gasteiger partial charge in [0.15, 0.2) is 11.5 Å². The van der Waals surface area contributed by atoms with E-state index in [0.717, 1.165) is 17.7 Å². The van der Waals surface area contributed by atoms with Crippen LogP contribution in [0.3, 0.4) is 0 Å². The van der Waals surface area contributed by atoms with Crippen molar-refractivity contribution in [1.29, 1.82) is 0 Å². The zero-order chi connectivity index (χ0) is 32.1. The number of primary sulfonamides is 1.